The summed E-state index contributed by atoms with van der Waals surface area (Å²) in [6.45, 7) is 11.2. The minimum Gasteiger partial charge on any atom is -0.0904 e. The normalized spacial score (nSPS) is 16.3. The maximum Gasteiger partial charge on any atom is -0.0271 e. The van der Waals surface area contributed by atoms with E-state index in [1.165, 1.54) is 50.2 Å². The second kappa shape index (κ2) is 12.5. The molecule has 0 nitrogen and oxygen atoms in total. The summed E-state index contributed by atoms with van der Waals surface area (Å²) in [4.78, 5) is 0. The van der Waals surface area contributed by atoms with Crippen molar-refractivity contribution < 1.29 is 16.1 Å². The first-order chi connectivity index (χ1) is 13.9. The molecule has 29 heavy (non-hydrogen) atoms. The number of hydrogen-bond donors (Lipinski definition) is 0. The van der Waals surface area contributed by atoms with Gasteiger partial charge in [-0.25, -0.2) is 0 Å². The third-order valence-electron chi connectivity index (χ3n) is 5.54. The molecule has 1 aliphatic carbocycles. The molecule has 0 heterocycles. The Morgan fingerprint density at radius 2 is 1.21 bits per heavy atom. The molecule has 0 saturated heterocycles. The Hall–Kier alpha value is -0.307. The Morgan fingerprint density at radius 1 is 0.759 bits per heavy atom. The maximum absolute atomic E-state index is 6.02. The van der Waals surface area contributed by atoms with E-state index in [1.54, 1.807) is 0 Å². The Kier molecular flexibility index (Phi) is 10.8. The quantitative estimate of drug-likeness (QED) is 0.200. The first-order valence-corrected chi connectivity index (χ1v) is 15.6. The molecular formula is C25H33ClP2Ru. The van der Waals surface area contributed by atoms with Crippen LogP contribution in [0.25, 0.3) is 0 Å². The Labute approximate surface area is 193 Å². The van der Waals surface area contributed by atoms with Crippen LogP contribution in [0.1, 0.15) is 41.0 Å². The molecular weight excluding hydrogens is 499 g/mol. The Bertz CT molecular complexity index is 785. The maximum atomic E-state index is 6.02. The van der Waals surface area contributed by atoms with E-state index in [0.717, 1.165) is 17.2 Å². The van der Waals surface area contributed by atoms with Crippen molar-refractivity contribution in [3.05, 3.63) is 81.6 Å². The van der Waals surface area contributed by atoms with Gasteiger partial charge in [0.2, 0.25) is 0 Å². The first-order valence-electron chi connectivity index (χ1n) is 10.1. The van der Waals surface area contributed by atoms with Crippen LogP contribution in [0.4, 0.5) is 0 Å². The molecule has 0 amide bonds. The molecule has 2 atom stereocenters. The van der Waals surface area contributed by atoms with Crippen LogP contribution in [0.2, 0.25) is 0 Å². The molecule has 0 bridgehead atoms. The predicted octanol–water partition coefficient (Wildman–Crippen LogP) is 7.26. The van der Waals surface area contributed by atoms with E-state index in [2.05, 4.69) is 95.3 Å². The molecule has 4 heteroatoms. The zero-order chi connectivity index (χ0) is 21.3. The van der Waals surface area contributed by atoms with Crippen molar-refractivity contribution in [1.29, 1.82) is 0 Å². The van der Waals surface area contributed by atoms with Crippen molar-refractivity contribution in [1.82, 2.24) is 0 Å². The van der Waals surface area contributed by atoms with Crippen LogP contribution in [0.5, 0.6) is 0 Å². The fourth-order valence-corrected chi connectivity index (χ4v) is 8.72. The second-order valence-electron chi connectivity index (χ2n) is 7.81. The van der Waals surface area contributed by atoms with Crippen LogP contribution >= 0.6 is 26.9 Å². The summed E-state index contributed by atoms with van der Waals surface area (Å²) in [7, 11) is 7.98. The van der Waals surface area contributed by atoms with Crippen molar-refractivity contribution in [2.75, 3.05) is 12.3 Å². The number of hydrogen-bond acceptors (Lipinski definition) is 0. The summed E-state index contributed by atoms with van der Waals surface area (Å²) < 4.78 is 1.48. The van der Waals surface area contributed by atoms with Gasteiger partial charge < -0.3 is 0 Å². The van der Waals surface area contributed by atoms with Gasteiger partial charge in [0.05, 0.1) is 0 Å². The van der Waals surface area contributed by atoms with Crippen molar-refractivity contribution in [3.8, 4) is 0 Å². The number of benzene rings is 2. The van der Waals surface area contributed by atoms with Gasteiger partial charge in [-0.05, 0) is 29.4 Å². The van der Waals surface area contributed by atoms with Gasteiger partial charge >= 0.3 is 86.7 Å². The van der Waals surface area contributed by atoms with Gasteiger partial charge in [-0.2, -0.15) is 0 Å². The van der Waals surface area contributed by atoms with Gasteiger partial charge in [0.15, 0.2) is 0 Å². The Balaban J connectivity index is 0.000000221. The molecule has 0 N–H and O–H groups in total. The van der Waals surface area contributed by atoms with Gasteiger partial charge in [-0.15, -0.1) is 0 Å². The van der Waals surface area contributed by atoms with Crippen molar-refractivity contribution in [2.45, 2.75) is 41.0 Å². The largest absolute Gasteiger partial charge is 0.0904 e. The first kappa shape index (κ1) is 25.0. The van der Waals surface area contributed by atoms with E-state index in [-0.39, 0.29) is 21.6 Å². The van der Waals surface area contributed by atoms with Crippen LogP contribution < -0.4 is 10.6 Å². The van der Waals surface area contributed by atoms with Gasteiger partial charge in [-0.3, -0.25) is 0 Å². The Morgan fingerprint density at radius 3 is 1.52 bits per heavy atom. The summed E-state index contributed by atoms with van der Waals surface area (Å²) in [6, 6.07) is 21.6. The molecule has 158 valence electrons. The molecule has 2 aromatic rings. The molecule has 2 unspecified atom stereocenters. The summed E-state index contributed by atoms with van der Waals surface area (Å²) in [5.41, 5.74) is 4.61. The van der Waals surface area contributed by atoms with Crippen molar-refractivity contribution >= 4 is 37.5 Å². The molecule has 2 aromatic carbocycles. The molecule has 0 fully saturated rings. The average Bonchev–Trinajstić information content (AvgIpc) is 2.88. The summed E-state index contributed by atoms with van der Waals surface area (Å²) in [6.07, 6.45) is 4.02. The molecule has 0 spiro atoms. The average molecular weight is 532 g/mol. The molecule has 0 radical (unpaired) electrons. The van der Waals surface area contributed by atoms with E-state index in [9.17, 15) is 0 Å². The molecule has 0 aromatic heterocycles. The van der Waals surface area contributed by atoms with Gasteiger partial charge in [0, 0.05) is 0 Å². The standard InChI is InChI=1S/C15H18P2.C10H15.ClH.Ru/c1-3-8-14(9-4-1)16-12-7-13-17-15-10-5-2-6-11-15;1-7-6-10(4,5)9(3)8(7)2;;/h1-6,8-11,16-17H,7,12-13H2;1-5H3;1H;/q;;;+1/p-1. The van der Waals surface area contributed by atoms with E-state index < -0.39 is 0 Å². The van der Waals surface area contributed by atoms with E-state index in [1.807, 2.05) is 0 Å². The van der Waals surface area contributed by atoms with Crippen LogP contribution in [0.3, 0.4) is 0 Å². The summed E-state index contributed by atoms with van der Waals surface area (Å²) in [5, 5.41) is 2.99. The van der Waals surface area contributed by atoms with Crippen LogP contribution in [-0.2, 0) is 16.1 Å². The summed E-state index contributed by atoms with van der Waals surface area (Å²) in [5.74, 6) is 0. The third kappa shape index (κ3) is 7.40. The fraction of sp³-hybridized carbons (Fsp3) is 0.360. The molecule has 0 aliphatic heterocycles. The monoisotopic (exact) mass is 532 g/mol. The molecule has 3 rings (SSSR count). The summed E-state index contributed by atoms with van der Waals surface area (Å²) >= 11 is -0.101. The number of halogens is 1. The zero-order valence-corrected chi connectivity index (χ0v) is 22.6. The fourth-order valence-electron chi connectivity index (χ4n) is 3.34. The van der Waals surface area contributed by atoms with Crippen molar-refractivity contribution in [3.63, 3.8) is 0 Å². The third-order valence-corrected chi connectivity index (χ3v) is 11.1. The molecule has 1 aliphatic rings. The minimum atomic E-state index is -0.101. The van der Waals surface area contributed by atoms with E-state index in [0.29, 0.717) is 0 Å². The van der Waals surface area contributed by atoms with E-state index >= 15 is 0 Å². The van der Waals surface area contributed by atoms with Crippen LogP contribution in [0.15, 0.2) is 81.6 Å². The zero-order valence-electron chi connectivity index (χ0n) is 18.1. The SMILES string of the molecule is CC1=C(C)C(C)(C)[C]([Ru][Cl])=C1C.c1ccc(PCCCPc2ccccc2)cc1. The topological polar surface area (TPSA) is 0 Å². The second-order valence-corrected chi connectivity index (χ2v) is 12.7. The van der Waals surface area contributed by atoms with Crippen LogP contribution in [0, 0.1) is 5.41 Å². The number of rotatable bonds is 7. The van der Waals surface area contributed by atoms with Gasteiger partial charge in [0.25, 0.3) is 0 Å². The van der Waals surface area contributed by atoms with Gasteiger partial charge in [0.1, 0.15) is 0 Å². The minimum absolute atomic E-state index is 0.101. The van der Waals surface area contributed by atoms with Crippen molar-refractivity contribution in [2.24, 2.45) is 5.41 Å². The number of allylic oxidation sites excluding steroid dienone is 4. The molecule has 0 saturated carbocycles. The van der Waals surface area contributed by atoms with Crippen LogP contribution in [-0.4, -0.2) is 12.3 Å². The van der Waals surface area contributed by atoms with E-state index in [4.69, 9.17) is 9.69 Å². The smallest absolute Gasteiger partial charge is 0.0271 e. The van der Waals surface area contributed by atoms with Gasteiger partial charge in [-0.1, -0.05) is 77.8 Å². The predicted molar refractivity (Wildman–Crippen MR) is 134 cm³/mol.